The summed E-state index contributed by atoms with van der Waals surface area (Å²) in [5.74, 6) is -8.17. The Morgan fingerprint density at radius 2 is 1.30 bits per heavy atom. The number of likely N-dealkylation sites (tertiary alicyclic amines) is 2. The lowest BCUT2D eigenvalue weighted by Gasteiger charge is -2.44. The highest BCUT2D eigenvalue weighted by atomic mass is 16.5. The molecule has 3 fully saturated rings. The first-order valence-electron chi connectivity index (χ1n) is 14.3. The second kappa shape index (κ2) is 11.7. The van der Waals surface area contributed by atoms with E-state index >= 15 is 0 Å². The van der Waals surface area contributed by atoms with Gasteiger partial charge in [-0.05, 0) is 49.3 Å². The van der Waals surface area contributed by atoms with Crippen molar-refractivity contribution in [2.45, 2.75) is 44.4 Å². The topological polar surface area (TPSA) is 188 Å². The number of carboxylic acids is 2. The van der Waals surface area contributed by atoms with E-state index < -0.39 is 65.2 Å². The first-order valence-corrected chi connectivity index (χ1v) is 14.3. The second-order valence-electron chi connectivity index (χ2n) is 11.4. The van der Waals surface area contributed by atoms with Crippen LogP contribution in [0, 0.1) is 29.6 Å². The van der Waals surface area contributed by atoms with Crippen molar-refractivity contribution in [2.24, 2.45) is 29.6 Å². The lowest BCUT2D eigenvalue weighted by Crippen LogP contribution is -2.43. The Morgan fingerprint density at radius 3 is 1.81 bits per heavy atom. The van der Waals surface area contributed by atoms with Gasteiger partial charge in [0.1, 0.15) is 0 Å². The molecule has 6 atom stereocenters. The summed E-state index contributed by atoms with van der Waals surface area (Å²) in [5, 5.41) is 28.7. The van der Waals surface area contributed by atoms with Crippen molar-refractivity contribution in [2.75, 3.05) is 27.3 Å². The summed E-state index contributed by atoms with van der Waals surface area (Å²) >= 11 is 0. The number of methoxy groups -OCH3 is 2. The minimum absolute atomic E-state index is 0.0182. The molecular weight excluding hydrogens is 564 g/mol. The minimum atomic E-state index is -1.04. The van der Waals surface area contributed by atoms with Gasteiger partial charge in [0.25, 0.3) is 0 Å². The smallest absolute Gasteiger partial charge is 0.303 e. The maximum Gasteiger partial charge on any atom is 0.303 e. The molecule has 0 spiro atoms. The van der Waals surface area contributed by atoms with E-state index in [1.54, 1.807) is 12.1 Å². The van der Waals surface area contributed by atoms with Gasteiger partial charge in [0.05, 0.1) is 37.9 Å². The molecule has 0 aromatic heterocycles. The van der Waals surface area contributed by atoms with Crippen LogP contribution < -0.4 is 9.47 Å². The molecule has 3 N–H and O–H groups in total. The minimum Gasteiger partial charge on any atom is -0.502 e. The summed E-state index contributed by atoms with van der Waals surface area (Å²) in [6.45, 7) is -0.0773. The average Bonchev–Trinajstić information content (AvgIpc) is 3.36. The highest BCUT2D eigenvalue weighted by Gasteiger charge is 2.61. The highest BCUT2D eigenvalue weighted by molar-refractivity contribution is 6.08. The fourth-order valence-corrected chi connectivity index (χ4v) is 7.40. The number of phenols is 1. The van der Waals surface area contributed by atoms with Crippen molar-refractivity contribution in [3.05, 3.63) is 29.3 Å². The number of fused-ring (bicyclic) bond motifs is 4. The quantitative estimate of drug-likeness (QED) is 0.249. The van der Waals surface area contributed by atoms with Gasteiger partial charge in [-0.3, -0.25) is 38.6 Å². The van der Waals surface area contributed by atoms with Crippen molar-refractivity contribution < 1.29 is 53.6 Å². The van der Waals surface area contributed by atoms with E-state index in [4.69, 9.17) is 19.7 Å². The predicted molar refractivity (Wildman–Crippen MR) is 146 cm³/mol. The zero-order valence-electron chi connectivity index (χ0n) is 23.9. The van der Waals surface area contributed by atoms with Crippen LogP contribution in [0.4, 0.5) is 0 Å². The number of allylic oxidation sites excluding steroid dienone is 2. The Labute approximate surface area is 247 Å². The molecule has 0 radical (unpaired) electrons. The summed E-state index contributed by atoms with van der Waals surface area (Å²) in [6.07, 6.45) is 2.07. The third-order valence-electron chi connectivity index (χ3n) is 9.24. The zero-order valence-corrected chi connectivity index (χ0v) is 23.9. The third kappa shape index (κ3) is 5.10. The fraction of sp³-hybridized carbons (Fsp3) is 0.533. The van der Waals surface area contributed by atoms with Crippen molar-refractivity contribution in [1.29, 1.82) is 0 Å². The molecule has 13 heteroatoms. The Bertz CT molecular complexity index is 1390. The Balaban J connectivity index is 1.56. The van der Waals surface area contributed by atoms with Crippen LogP contribution in [0.3, 0.4) is 0 Å². The number of carbonyl (C=O) groups excluding carboxylic acids is 4. The first-order chi connectivity index (χ1) is 20.5. The van der Waals surface area contributed by atoms with E-state index in [-0.39, 0.29) is 74.8 Å². The number of amides is 4. The Kier molecular flexibility index (Phi) is 8.17. The van der Waals surface area contributed by atoms with Crippen molar-refractivity contribution >= 4 is 35.6 Å². The molecular formula is C30H34N2O11. The standard InChI is InChI=1S/C30H34N2O11/c1-42-19-11-14(12-20(43-2)26(19)37)23-15-7-8-16-24(29(40)31(27(16)38)9-3-5-21(33)34)17(15)13-18-25(23)30(41)32(28(18)39)10-4-6-22(35)36/h7,11-12,16-18,23-25,37H,3-6,8-10,13H2,1-2H3,(H,33,34)(H,35,36)/t16-,17+,18+,23-,24-,25+/m0/s1. The largest absolute Gasteiger partial charge is 0.502 e. The summed E-state index contributed by atoms with van der Waals surface area (Å²) < 4.78 is 10.7. The van der Waals surface area contributed by atoms with Gasteiger partial charge in [0.2, 0.25) is 29.4 Å². The molecule has 2 aliphatic heterocycles. The van der Waals surface area contributed by atoms with Gasteiger partial charge in [-0.25, -0.2) is 0 Å². The molecule has 2 saturated heterocycles. The lowest BCUT2D eigenvalue weighted by atomic mass is 9.57. The van der Waals surface area contributed by atoms with Gasteiger partial charge >= 0.3 is 11.9 Å². The number of hydrogen-bond donors (Lipinski definition) is 3. The van der Waals surface area contributed by atoms with E-state index in [0.29, 0.717) is 5.56 Å². The van der Waals surface area contributed by atoms with E-state index in [9.17, 15) is 33.9 Å². The van der Waals surface area contributed by atoms with E-state index in [1.165, 1.54) is 14.2 Å². The first kappa shape index (κ1) is 30.1. The molecule has 1 aromatic carbocycles. The maximum absolute atomic E-state index is 13.9. The summed E-state index contributed by atoms with van der Waals surface area (Å²) in [4.78, 5) is 79.0. The van der Waals surface area contributed by atoms with Crippen LogP contribution in [0.5, 0.6) is 17.2 Å². The highest BCUT2D eigenvalue weighted by Crippen LogP contribution is 2.58. The maximum atomic E-state index is 13.9. The molecule has 2 heterocycles. The molecule has 0 unspecified atom stereocenters. The number of hydrogen-bond acceptors (Lipinski definition) is 9. The number of nitrogens with zero attached hydrogens (tertiary/aromatic N) is 2. The number of phenolic OH excluding ortho intramolecular Hbond substituents is 1. The van der Waals surface area contributed by atoms with Crippen LogP contribution in [0.25, 0.3) is 0 Å². The van der Waals surface area contributed by atoms with E-state index in [0.717, 1.165) is 15.4 Å². The third-order valence-corrected chi connectivity index (χ3v) is 9.24. The number of carboxylic acid groups (broad SMARTS) is 2. The number of carbonyl (C=O) groups is 6. The monoisotopic (exact) mass is 598 g/mol. The average molecular weight is 599 g/mol. The number of aromatic hydroxyl groups is 1. The molecule has 2 aliphatic carbocycles. The normalized spacial score (nSPS) is 27.9. The molecule has 4 amide bonds. The predicted octanol–water partition coefficient (Wildman–Crippen LogP) is 1.77. The molecule has 230 valence electrons. The molecule has 5 rings (SSSR count). The SMILES string of the molecule is COc1cc([C@H]2C3=CC[C@@H]4C(=O)N(CCCC(=O)O)C(=O)[C@@H]4[C@@H]3C[C@H]3C(=O)N(CCCC(=O)O)C(=O)[C@@H]23)cc(OC)c1O. The van der Waals surface area contributed by atoms with Crippen LogP contribution in [-0.4, -0.2) is 88.0 Å². The Hall–Kier alpha value is -4.42. The van der Waals surface area contributed by atoms with Crippen molar-refractivity contribution in [1.82, 2.24) is 9.80 Å². The molecule has 1 aromatic rings. The van der Waals surface area contributed by atoms with Crippen molar-refractivity contribution in [3.8, 4) is 17.2 Å². The molecule has 4 aliphatic rings. The molecule has 43 heavy (non-hydrogen) atoms. The number of aliphatic carboxylic acids is 2. The number of benzene rings is 1. The summed E-state index contributed by atoms with van der Waals surface area (Å²) in [7, 11) is 2.73. The lowest BCUT2D eigenvalue weighted by molar-refractivity contribution is -0.143. The molecule has 13 nitrogen and oxygen atoms in total. The van der Waals surface area contributed by atoms with Gasteiger partial charge in [0.15, 0.2) is 11.5 Å². The second-order valence-corrected chi connectivity index (χ2v) is 11.4. The Morgan fingerprint density at radius 1 is 0.791 bits per heavy atom. The summed E-state index contributed by atoms with van der Waals surface area (Å²) in [5.41, 5.74) is 1.26. The number of rotatable bonds is 11. The fourth-order valence-electron chi connectivity index (χ4n) is 7.40. The number of imide groups is 2. The van der Waals surface area contributed by atoms with Crippen LogP contribution >= 0.6 is 0 Å². The summed E-state index contributed by atoms with van der Waals surface area (Å²) in [6, 6.07) is 3.14. The van der Waals surface area contributed by atoms with Crippen LogP contribution in [0.15, 0.2) is 23.8 Å². The van der Waals surface area contributed by atoms with Crippen LogP contribution in [0.2, 0.25) is 0 Å². The molecule has 1 saturated carbocycles. The van der Waals surface area contributed by atoms with Gasteiger partial charge < -0.3 is 24.8 Å². The van der Waals surface area contributed by atoms with E-state index in [1.807, 2.05) is 6.08 Å². The van der Waals surface area contributed by atoms with Crippen LogP contribution in [0.1, 0.15) is 50.0 Å². The van der Waals surface area contributed by atoms with E-state index in [2.05, 4.69) is 0 Å². The number of ether oxygens (including phenoxy) is 2. The van der Waals surface area contributed by atoms with Crippen molar-refractivity contribution in [3.63, 3.8) is 0 Å². The van der Waals surface area contributed by atoms with Gasteiger partial charge in [0, 0.05) is 31.8 Å². The molecule has 0 bridgehead atoms. The van der Waals surface area contributed by atoms with Gasteiger partial charge in [-0.15, -0.1) is 0 Å². The van der Waals surface area contributed by atoms with Crippen LogP contribution in [-0.2, 0) is 28.8 Å². The zero-order chi connectivity index (χ0) is 31.2. The van der Waals surface area contributed by atoms with Gasteiger partial charge in [-0.2, -0.15) is 0 Å². The van der Waals surface area contributed by atoms with Gasteiger partial charge in [-0.1, -0.05) is 11.6 Å².